The number of rotatable bonds is 1. The first-order valence-electron chi connectivity index (χ1n) is 3.30. The highest BCUT2D eigenvalue weighted by Crippen LogP contribution is 2.04. The Kier molecular flexibility index (Phi) is 2.66. The van der Waals surface area contributed by atoms with Crippen molar-refractivity contribution in [2.75, 3.05) is 11.5 Å². The molecule has 0 aromatic carbocycles. The monoisotopic (exact) mass is 147 g/mol. The first-order chi connectivity index (χ1) is 4.33. The predicted molar refractivity (Wildman–Crippen MR) is 38.2 cm³/mol. The third-order valence-corrected chi connectivity index (χ3v) is 3.15. The van der Waals surface area contributed by atoms with Crippen LogP contribution in [0.4, 0.5) is 0 Å². The van der Waals surface area contributed by atoms with Crippen molar-refractivity contribution in [2.45, 2.75) is 18.9 Å². The summed E-state index contributed by atoms with van der Waals surface area (Å²) in [5.74, 6) is 1.77. The van der Waals surface area contributed by atoms with Crippen LogP contribution in [0.25, 0.3) is 0 Å². The van der Waals surface area contributed by atoms with Gasteiger partial charge in [0.25, 0.3) is 0 Å². The van der Waals surface area contributed by atoms with Gasteiger partial charge in [0.05, 0.1) is 6.04 Å². The summed E-state index contributed by atoms with van der Waals surface area (Å²) in [7, 11) is 3.20. The van der Waals surface area contributed by atoms with E-state index in [1.807, 2.05) is 5.32 Å². The van der Waals surface area contributed by atoms with E-state index in [9.17, 15) is 4.21 Å². The second-order valence-electron chi connectivity index (χ2n) is 2.42. The SMILES string of the molecule is [CH2-][NH2+]C1CCS(=O)CC1. The topological polar surface area (TPSA) is 33.7 Å². The minimum absolute atomic E-state index is 0.510. The van der Waals surface area contributed by atoms with Crippen molar-refractivity contribution in [1.82, 2.24) is 0 Å². The maximum Gasteiger partial charge on any atom is 0.0638 e. The van der Waals surface area contributed by atoms with E-state index in [1.54, 1.807) is 0 Å². The van der Waals surface area contributed by atoms with Gasteiger partial charge in [0.15, 0.2) is 0 Å². The molecule has 1 aliphatic heterocycles. The smallest absolute Gasteiger partial charge is 0.0638 e. The zero-order valence-corrected chi connectivity index (χ0v) is 6.32. The van der Waals surface area contributed by atoms with E-state index in [2.05, 4.69) is 7.05 Å². The molecule has 1 fully saturated rings. The van der Waals surface area contributed by atoms with Crippen molar-refractivity contribution in [1.29, 1.82) is 0 Å². The maximum absolute atomic E-state index is 10.8. The van der Waals surface area contributed by atoms with Crippen LogP contribution in [0.5, 0.6) is 0 Å². The molecule has 2 nitrogen and oxygen atoms in total. The van der Waals surface area contributed by atoms with Crippen molar-refractivity contribution in [3.05, 3.63) is 7.05 Å². The van der Waals surface area contributed by atoms with Crippen LogP contribution in [0.2, 0.25) is 0 Å². The highest BCUT2D eigenvalue weighted by molar-refractivity contribution is 7.85. The van der Waals surface area contributed by atoms with Crippen LogP contribution >= 0.6 is 0 Å². The Morgan fingerprint density at radius 2 is 2.00 bits per heavy atom. The molecule has 54 valence electrons. The van der Waals surface area contributed by atoms with Gasteiger partial charge in [-0.1, -0.05) is 0 Å². The highest BCUT2D eigenvalue weighted by atomic mass is 32.2. The van der Waals surface area contributed by atoms with Crippen LogP contribution in [-0.2, 0) is 10.8 Å². The summed E-state index contributed by atoms with van der Waals surface area (Å²) in [6.45, 7) is 0. The number of quaternary nitrogens is 1. The molecule has 1 rings (SSSR count). The average Bonchev–Trinajstić information content (AvgIpc) is 1.90. The van der Waals surface area contributed by atoms with E-state index in [0.29, 0.717) is 6.04 Å². The first-order valence-corrected chi connectivity index (χ1v) is 4.79. The molecule has 0 bridgehead atoms. The van der Waals surface area contributed by atoms with Gasteiger partial charge in [-0.2, -0.15) is 7.05 Å². The van der Waals surface area contributed by atoms with Gasteiger partial charge in [-0.25, -0.2) is 0 Å². The number of hydrogen-bond donors (Lipinski definition) is 1. The Hall–Kier alpha value is 0.110. The third kappa shape index (κ3) is 2.06. The Morgan fingerprint density at radius 1 is 1.44 bits per heavy atom. The summed E-state index contributed by atoms with van der Waals surface area (Å²) in [6, 6.07) is 0.641. The van der Waals surface area contributed by atoms with Crippen LogP contribution < -0.4 is 5.32 Å². The van der Waals surface area contributed by atoms with Gasteiger partial charge >= 0.3 is 0 Å². The summed E-state index contributed by atoms with van der Waals surface area (Å²) in [5.41, 5.74) is 0. The fraction of sp³-hybridized carbons (Fsp3) is 0.833. The van der Waals surface area contributed by atoms with Crippen molar-refractivity contribution in [3.63, 3.8) is 0 Å². The normalized spacial score (nSPS) is 36.6. The zero-order valence-electron chi connectivity index (χ0n) is 5.51. The van der Waals surface area contributed by atoms with Gasteiger partial charge in [-0.3, -0.25) is 4.21 Å². The standard InChI is InChI=1S/C6H13NOS/c1-7-6-2-4-9(8)5-3-6/h6H,1-5,7H2. The Labute approximate surface area is 58.5 Å². The Balaban J connectivity index is 2.26. The summed E-state index contributed by atoms with van der Waals surface area (Å²) in [4.78, 5) is 0. The summed E-state index contributed by atoms with van der Waals surface area (Å²) < 4.78 is 10.8. The zero-order chi connectivity index (χ0) is 6.69. The quantitative estimate of drug-likeness (QED) is 0.487. The number of nitrogens with two attached hydrogens (primary N) is 1. The van der Waals surface area contributed by atoms with Gasteiger partial charge in [-0.15, -0.1) is 0 Å². The second-order valence-corrected chi connectivity index (χ2v) is 4.12. The molecule has 3 heteroatoms. The van der Waals surface area contributed by atoms with Crippen LogP contribution in [0.1, 0.15) is 12.8 Å². The van der Waals surface area contributed by atoms with Gasteiger partial charge in [0, 0.05) is 35.1 Å². The van der Waals surface area contributed by atoms with Crippen molar-refractivity contribution >= 4 is 10.8 Å². The molecular formula is C6H13NOS. The maximum atomic E-state index is 10.8. The minimum Gasteiger partial charge on any atom is -0.476 e. The third-order valence-electron chi connectivity index (χ3n) is 1.77. The molecule has 0 radical (unpaired) electrons. The lowest BCUT2D eigenvalue weighted by molar-refractivity contribution is -0.634. The van der Waals surface area contributed by atoms with Gasteiger partial charge in [-0.05, 0) is 0 Å². The lowest BCUT2D eigenvalue weighted by Crippen LogP contribution is -2.84. The minimum atomic E-state index is -0.510. The lowest BCUT2D eigenvalue weighted by Gasteiger charge is -2.20. The van der Waals surface area contributed by atoms with E-state index < -0.39 is 10.8 Å². The van der Waals surface area contributed by atoms with Gasteiger partial charge in [0.2, 0.25) is 0 Å². The van der Waals surface area contributed by atoms with E-state index in [1.165, 1.54) is 0 Å². The van der Waals surface area contributed by atoms with E-state index in [-0.39, 0.29) is 0 Å². The highest BCUT2D eigenvalue weighted by Gasteiger charge is 2.16. The largest absolute Gasteiger partial charge is 0.476 e. The van der Waals surface area contributed by atoms with Crippen LogP contribution in [0, 0.1) is 7.05 Å². The van der Waals surface area contributed by atoms with Crippen LogP contribution in [0.3, 0.4) is 0 Å². The molecule has 1 saturated heterocycles. The molecule has 0 saturated carbocycles. The second kappa shape index (κ2) is 3.32. The fourth-order valence-electron chi connectivity index (χ4n) is 1.05. The van der Waals surface area contributed by atoms with Crippen LogP contribution in [0.15, 0.2) is 0 Å². The molecule has 2 N–H and O–H groups in total. The molecule has 0 aliphatic carbocycles. The molecule has 0 spiro atoms. The average molecular weight is 147 g/mol. The van der Waals surface area contributed by atoms with Gasteiger partial charge < -0.3 is 5.32 Å². The Bertz CT molecular complexity index is 106. The lowest BCUT2D eigenvalue weighted by atomic mass is 10.2. The van der Waals surface area contributed by atoms with E-state index in [0.717, 1.165) is 24.3 Å². The molecule has 9 heavy (non-hydrogen) atoms. The van der Waals surface area contributed by atoms with Crippen LogP contribution in [-0.4, -0.2) is 21.8 Å². The molecule has 0 unspecified atom stereocenters. The summed E-state index contributed by atoms with van der Waals surface area (Å²) in [5, 5.41) is 1.98. The van der Waals surface area contributed by atoms with Gasteiger partial charge in [0.1, 0.15) is 0 Å². The molecule has 0 aromatic heterocycles. The molecule has 1 heterocycles. The van der Waals surface area contributed by atoms with Crippen molar-refractivity contribution < 1.29 is 9.53 Å². The summed E-state index contributed by atoms with van der Waals surface area (Å²) >= 11 is 0. The first kappa shape index (κ1) is 7.22. The Morgan fingerprint density at radius 3 is 2.44 bits per heavy atom. The molecule has 1 aliphatic rings. The molecule has 0 aromatic rings. The molecular weight excluding hydrogens is 134 g/mol. The van der Waals surface area contributed by atoms with Crippen molar-refractivity contribution in [2.24, 2.45) is 0 Å². The number of hydrogen-bond acceptors (Lipinski definition) is 1. The van der Waals surface area contributed by atoms with Crippen molar-refractivity contribution in [3.8, 4) is 0 Å². The summed E-state index contributed by atoms with van der Waals surface area (Å²) in [6.07, 6.45) is 2.16. The molecule has 0 atom stereocenters. The fourth-order valence-corrected chi connectivity index (χ4v) is 2.38. The van der Waals surface area contributed by atoms with E-state index in [4.69, 9.17) is 0 Å². The molecule has 0 amide bonds. The predicted octanol–water partition coefficient (Wildman–Crippen LogP) is -0.748. The van der Waals surface area contributed by atoms with E-state index >= 15 is 0 Å².